The first-order chi connectivity index (χ1) is 8.74. The lowest BCUT2D eigenvalue weighted by Gasteiger charge is -2.30. The highest BCUT2D eigenvalue weighted by Crippen LogP contribution is 2.23. The summed E-state index contributed by atoms with van der Waals surface area (Å²) in [7, 11) is 0. The Bertz CT molecular complexity index is 513. The van der Waals surface area contributed by atoms with Gasteiger partial charge in [0.25, 0.3) is 0 Å². The SMILES string of the molecule is CCC(CO)(CO)Nc1ncnc2ccccc12. The Balaban J connectivity index is 2.42. The normalized spacial score (nSPS) is 11.7. The minimum Gasteiger partial charge on any atom is -0.394 e. The highest BCUT2D eigenvalue weighted by Gasteiger charge is 2.27. The van der Waals surface area contributed by atoms with Crippen LogP contribution in [-0.4, -0.2) is 38.9 Å². The van der Waals surface area contributed by atoms with Gasteiger partial charge in [0.1, 0.15) is 12.1 Å². The fourth-order valence-electron chi connectivity index (χ4n) is 1.80. The standard InChI is InChI=1S/C13H17N3O2/c1-2-13(7-17,8-18)16-12-10-5-3-4-6-11(10)14-9-15-12/h3-6,9,17-18H,2,7-8H2,1H3,(H,14,15,16). The number of fused-ring (bicyclic) bond motifs is 1. The van der Waals surface area contributed by atoms with Gasteiger partial charge in [-0.05, 0) is 18.6 Å². The van der Waals surface area contributed by atoms with E-state index in [9.17, 15) is 10.2 Å². The van der Waals surface area contributed by atoms with Crippen molar-refractivity contribution in [1.29, 1.82) is 0 Å². The Kier molecular flexibility index (Phi) is 3.74. The van der Waals surface area contributed by atoms with Gasteiger partial charge in [0.2, 0.25) is 0 Å². The van der Waals surface area contributed by atoms with Gasteiger partial charge in [0.15, 0.2) is 0 Å². The fourth-order valence-corrected chi connectivity index (χ4v) is 1.80. The second-order valence-electron chi connectivity index (χ2n) is 4.31. The molecule has 0 atom stereocenters. The summed E-state index contributed by atoms with van der Waals surface area (Å²) in [4.78, 5) is 8.36. The van der Waals surface area contributed by atoms with Gasteiger partial charge in [-0.2, -0.15) is 0 Å². The van der Waals surface area contributed by atoms with Crippen LogP contribution >= 0.6 is 0 Å². The van der Waals surface area contributed by atoms with Gasteiger partial charge in [-0.1, -0.05) is 19.1 Å². The van der Waals surface area contributed by atoms with Gasteiger partial charge in [-0.25, -0.2) is 9.97 Å². The minimum absolute atomic E-state index is 0.154. The molecule has 0 amide bonds. The van der Waals surface area contributed by atoms with Crippen molar-refractivity contribution in [3.05, 3.63) is 30.6 Å². The summed E-state index contributed by atoms with van der Waals surface area (Å²) in [6, 6.07) is 7.62. The number of para-hydroxylation sites is 1. The summed E-state index contributed by atoms with van der Waals surface area (Å²) in [5.74, 6) is 0.630. The van der Waals surface area contributed by atoms with Gasteiger partial charge in [-0.3, -0.25) is 0 Å². The van der Waals surface area contributed by atoms with E-state index in [-0.39, 0.29) is 13.2 Å². The highest BCUT2D eigenvalue weighted by molar-refractivity contribution is 5.88. The zero-order valence-corrected chi connectivity index (χ0v) is 10.3. The van der Waals surface area contributed by atoms with E-state index in [1.807, 2.05) is 31.2 Å². The number of hydrogen-bond acceptors (Lipinski definition) is 5. The summed E-state index contributed by atoms with van der Waals surface area (Å²) in [5, 5.41) is 22.9. The van der Waals surface area contributed by atoms with Crippen molar-refractivity contribution in [2.75, 3.05) is 18.5 Å². The van der Waals surface area contributed by atoms with Crippen molar-refractivity contribution in [3.63, 3.8) is 0 Å². The van der Waals surface area contributed by atoms with Gasteiger partial charge in [0.05, 0.1) is 24.3 Å². The Hall–Kier alpha value is -1.72. The first-order valence-electron chi connectivity index (χ1n) is 5.94. The second kappa shape index (κ2) is 5.29. The van der Waals surface area contributed by atoms with Crippen molar-refractivity contribution in [3.8, 4) is 0 Å². The molecule has 3 N–H and O–H groups in total. The second-order valence-corrected chi connectivity index (χ2v) is 4.31. The molecule has 0 aliphatic heterocycles. The largest absolute Gasteiger partial charge is 0.394 e. The van der Waals surface area contributed by atoms with Crippen LogP contribution in [0.3, 0.4) is 0 Å². The lowest BCUT2D eigenvalue weighted by atomic mass is 9.98. The van der Waals surface area contributed by atoms with E-state index >= 15 is 0 Å². The third-order valence-electron chi connectivity index (χ3n) is 3.21. The molecule has 0 aliphatic rings. The number of rotatable bonds is 5. The number of anilines is 1. The van der Waals surface area contributed by atoms with Crippen LogP contribution in [0.5, 0.6) is 0 Å². The maximum Gasteiger partial charge on any atom is 0.137 e. The quantitative estimate of drug-likeness (QED) is 0.739. The third-order valence-corrected chi connectivity index (χ3v) is 3.21. The van der Waals surface area contributed by atoms with Crippen molar-refractivity contribution in [2.45, 2.75) is 18.9 Å². The number of aromatic nitrogens is 2. The van der Waals surface area contributed by atoms with E-state index in [1.54, 1.807) is 0 Å². The van der Waals surface area contributed by atoms with Crippen molar-refractivity contribution in [2.24, 2.45) is 0 Å². The smallest absolute Gasteiger partial charge is 0.137 e. The molecule has 0 fully saturated rings. The molecule has 0 bridgehead atoms. The molecule has 5 heteroatoms. The van der Waals surface area contributed by atoms with Gasteiger partial charge in [0, 0.05) is 5.39 Å². The zero-order valence-electron chi connectivity index (χ0n) is 10.3. The number of nitrogens with zero attached hydrogens (tertiary/aromatic N) is 2. The number of benzene rings is 1. The molecule has 0 saturated carbocycles. The predicted molar refractivity (Wildman–Crippen MR) is 70.4 cm³/mol. The van der Waals surface area contributed by atoms with E-state index in [2.05, 4.69) is 15.3 Å². The maximum atomic E-state index is 9.44. The topological polar surface area (TPSA) is 78.3 Å². The molecular weight excluding hydrogens is 230 g/mol. The van der Waals surface area contributed by atoms with Crippen LogP contribution in [0.1, 0.15) is 13.3 Å². The Labute approximate surface area is 106 Å². The van der Waals surface area contributed by atoms with Crippen LogP contribution < -0.4 is 5.32 Å². The van der Waals surface area contributed by atoms with E-state index in [1.165, 1.54) is 6.33 Å². The van der Waals surface area contributed by atoms with E-state index in [0.717, 1.165) is 10.9 Å². The molecule has 0 spiro atoms. The fraction of sp³-hybridized carbons (Fsp3) is 0.385. The monoisotopic (exact) mass is 247 g/mol. The van der Waals surface area contributed by atoms with Gasteiger partial charge >= 0.3 is 0 Å². The molecule has 5 nitrogen and oxygen atoms in total. The number of hydrogen-bond donors (Lipinski definition) is 3. The number of aliphatic hydroxyl groups excluding tert-OH is 2. The van der Waals surface area contributed by atoms with Crippen LogP contribution in [0.2, 0.25) is 0 Å². The summed E-state index contributed by atoms with van der Waals surface area (Å²) in [6.45, 7) is 1.60. The predicted octanol–water partition coefficient (Wildman–Crippen LogP) is 1.18. The Morgan fingerprint density at radius 2 is 1.89 bits per heavy atom. The van der Waals surface area contributed by atoms with E-state index in [0.29, 0.717) is 12.2 Å². The highest BCUT2D eigenvalue weighted by atomic mass is 16.3. The molecule has 2 rings (SSSR count). The summed E-state index contributed by atoms with van der Waals surface area (Å²) in [5.41, 5.74) is 0.0767. The summed E-state index contributed by atoms with van der Waals surface area (Å²) < 4.78 is 0. The van der Waals surface area contributed by atoms with Crippen molar-refractivity contribution >= 4 is 16.7 Å². The average molecular weight is 247 g/mol. The van der Waals surface area contributed by atoms with Crippen LogP contribution in [-0.2, 0) is 0 Å². The van der Waals surface area contributed by atoms with Crippen LogP contribution in [0.25, 0.3) is 10.9 Å². The molecule has 1 aromatic carbocycles. The number of aliphatic hydroxyl groups is 2. The molecule has 2 aromatic rings. The average Bonchev–Trinajstić information content (AvgIpc) is 2.45. The van der Waals surface area contributed by atoms with Crippen LogP contribution in [0.15, 0.2) is 30.6 Å². The lowest BCUT2D eigenvalue weighted by molar-refractivity contribution is 0.132. The zero-order chi connectivity index (χ0) is 13.0. The van der Waals surface area contributed by atoms with Gasteiger partial charge in [-0.15, -0.1) is 0 Å². The molecule has 18 heavy (non-hydrogen) atoms. The van der Waals surface area contributed by atoms with Crippen LogP contribution in [0.4, 0.5) is 5.82 Å². The van der Waals surface area contributed by atoms with Crippen molar-refractivity contribution < 1.29 is 10.2 Å². The molecule has 0 radical (unpaired) electrons. The molecule has 1 aromatic heterocycles. The summed E-state index contributed by atoms with van der Waals surface area (Å²) >= 11 is 0. The minimum atomic E-state index is -0.753. The molecular formula is C13H17N3O2. The molecule has 0 unspecified atom stereocenters. The molecule has 0 saturated heterocycles. The van der Waals surface area contributed by atoms with Gasteiger partial charge < -0.3 is 15.5 Å². The molecule has 96 valence electrons. The third kappa shape index (κ3) is 2.27. The molecule has 0 aliphatic carbocycles. The van der Waals surface area contributed by atoms with E-state index in [4.69, 9.17) is 0 Å². The first-order valence-corrected chi connectivity index (χ1v) is 5.94. The molecule has 1 heterocycles. The summed E-state index contributed by atoms with van der Waals surface area (Å²) in [6.07, 6.45) is 2.07. The lowest BCUT2D eigenvalue weighted by Crippen LogP contribution is -2.45. The Morgan fingerprint density at radius 1 is 1.17 bits per heavy atom. The van der Waals surface area contributed by atoms with E-state index < -0.39 is 5.54 Å². The van der Waals surface area contributed by atoms with Crippen molar-refractivity contribution in [1.82, 2.24) is 9.97 Å². The maximum absolute atomic E-state index is 9.44. The first kappa shape index (κ1) is 12.7. The number of nitrogens with one attached hydrogen (secondary N) is 1. The Morgan fingerprint density at radius 3 is 2.56 bits per heavy atom. The van der Waals surface area contributed by atoms with Crippen LogP contribution in [0, 0.1) is 0 Å².